The quantitative estimate of drug-likeness (QED) is 0.373. The number of methoxy groups -OCH3 is 1. The van der Waals surface area contributed by atoms with Crippen LogP contribution in [0.15, 0.2) is 11.6 Å². The fourth-order valence-corrected chi connectivity index (χ4v) is 10.4. The first kappa shape index (κ1) is 29.5. The number of carbonyl (C=O) groups is 2. The number of aliphatic hydroxyl groups is 2. The summed E-state index contributed by atoms with van der Waals surface area (Å²) in [4.78, 5) is 24.2. The van der Waals surface area contributed by atoms with Gasteiger partial charge in [-0.3, -0.25) is 4.79 Å². The van der Waals surface area contributed by atoms with E-state index in [0.717, 1.165) is 50.5 Å². The molecule has 2 N–H and O–H groups in total. The summed E-state index contributed by atoms with van der Waals surface area (Å²) in [5.74, 6) is 0.0175. The van der Waals surface area contributed by atoms with Crippen LogP contribution in [-0.2, 0) is 33.3 Å². The van der Waals surface area contributed by atoms with E-state index in [1.807, 2.05) is 6.92 Å². The van der Waals surface area contributed by atoms with Gasteiger partial charge >= 0.3 is 11.9 Å². The van der Waals surface area contributed by atoms with E-state index in [0.29, 0.717) is 24.7 Å². The summed E-state index contributed by atoms with van der Waals surface area (Å²) < 4.78 is 29.1. The lowest BCUT2D eigenvalue weighted by atomic mass is 9.43. The van der Waals surface area contributed by atoms with Crippen LogP contribution >= 0.6 is 0 Å². The Morgan fingerprint density at radius 1 is 1.07 bits per heavy atom. The van der Waals surface area contributed by atoms with Gasteiger partial charge in [0.15, 0.2) is 6.29 Å². The number of aliphatic hydroxyl groups excluding tert-OH is 1. The van der Waals surface area contributed by atoms with Gasteiger partial charge in [0, 0.05) is 44.3 Å². The molecular weight excluding hydrogens is 528 g/mol. The summed E-state index contributed by atoms with van der Waals surface area (Å²) in [6.45, 7) is 8.06. The summed E-state index contributed by atoms with van der Waals surface area (Å²) in [5.41, 5.74) is -0.559. The highest BCUT2D eigenvalue weighted by Crippen LogP contribution is 2.70. The van der Waals surface area contributed by atoms with E-state index in [9.17, 15) is 19.8 Å². The normalized spacial score (nSPS) is 51.2. The largest absolute Gasteiger partial charge is 0.462 e. The summed E-state index contributed by atoms with van der Waals surface area (Å²) in [5, 5.41) is 23.0. The third kappa shape index (κ3) is 4.69. The molecule has 41 heavy (non-hydrogen) atoms. The number of carbonyl (C=O) groups excluding carboxylic acids is 2. The Labute approximate surface area is 243 Å². The lowest BCUT2D eigenvalue weighted by molar-refractivity contribution is -0.273. The predicted molar refractivity (Wildman–Crippen MR) is 147 cm³/mol. The van der Waals surface area contributed by atoms with Crippen LogP contribution in [0.2, 0.25) is 0 Å². The maximum absolute atomic E-state index is 12.7. The Morgan fingerprint density at radius 3 is 2.54 bits per heavy atom. The number of hydrogen-bond donors (Lipinski definition) is 2. The van der Waals surface area contributed by atoms with Crippen LogP contribution in [0.3, 0.4) is 0 Å². The van der Waals surface area contributed by atoms with Crippen molar-refractivity contribution >= 4 is 11.9 Å². The molecule has 9 nitrogen and oxygen atoms in total. The second-order valence-corrected chi connectivity index (χ2v) is 14.3. The minimum absolute atomic E-state index is 0.0898. The Balaban J connectivity index is 1.19. The summed E-state index contributed by atoms with van der Waals surface area (Å²) >= 11 is 0. The first-order chi connectivity index (χ1) is 19.4. The van der Waals surface area contributed by atoms with Crippen LogP contribution in [0.4, 0.5) is 0 Å². The van der Waals surface area contributed by atoms with Gasteiger partial charge in [0.05, 0.1) is 23.9 Å². The van der Waals surface area contributed by atoms with Crippen LogP contribution in [0.1, 0.15) is 85.5 Å². The van der Waals surface area contributed by atoms with Crippen molar-refractivity contribution in [3.05, 3.63) is 11.6 Å². The molecule has 0 aromatic rings. The molecule has 6 aliphatic rings. The first-order valence-electron chi connectivity index (χ1n) is 15.7. The second-order valence-electron chi connectivity index (χ2n) is 14.3. The molecule has 0 amide bonds. The van der Waals surface area contributed by atoms with Gasteiger partial charge < -0.3 is 33.9 Å². The zero-order chi connectivity index (χ0) is 29.3. The van der Waals surface area contributed by atoms with E-state index in [1.165, 1.54) is 6.92 Å². The zero-order valence-electron chi connectivity index (χ0n) is 25.2. The number of rotatable bonds is 5. The van der Waals surface area contributed by atoms with Crippen molar-refractivity contribution in [1.29, 1.82) is 0 Å². The number of ether oxygens (including phenoxy) is 5. The van der Waals surface area contributed by atoms with Gasteiger partial charge in [-0.15, -0.1) is 0 Å². The van der Waals surface area contributed by atoms with Crippen LogP contribution in [0.5, 0.6) is 0 Å². The fourth-order valence-electron chi connectivity index (χ4n) is 10.4. The molecule has 4 saturated carbocycles. The molecule has 0 aromatic heterocycles. The summed E-state index contributed by atoms with van der Waals surface area (Å²) in [7, 11) is 1.62. The Bertz CT molecular complexity index is 1080. The van der Waals surface area contributed by atoms with Crippen molar-refractivity contribution in [2.75, 3.05) is 13.7 Å². The van der Waals surface area contributed by atoms with Crippen LogP contribution in [-0.4, -0.2) is 78.3 Å². The van der Waals surface area contributed by atoms with Gasteiger partial charge in [0.25, 0.3) is 0 Å². The van der Waals surface area contributed by atoms with Gasteiger partial charge in [-0.05, 0) is 80.6 Å². The number of cyclic esters (lactones) is 1. The molecule has 9 heteroatoms. The molecule has 6 rings (SSSR count). The predicted octanol–water partition coefficient (Wildman–Crippen LogP) is 3.68. The van der Waals surface area contributed by atoms with Gasteiger partial charge in [0.1, 0.15) is 18.8 Å². The van der Waals surface area contributed by atoms with E-state index in [-0.39, 0.29) is 60.4 Å². The Kier molecular flexibility index (Phi) is 7.62. The van der Waals surface area contributed by atoms with Crippen molar-refractivity contribution in [3.63, 3.8) is 0 Å². The molecule has 0 bridgehead atoms. The van der Waals surface area contributed by atoms with Crippen LogP contribution < -0.4 is 0 Å². The number of fused-ring (bicyclic) bond motifs is 5. The van der Waals surface area contributed by atoms with E-state index in [1.54, 1.807) is 13.2 Å². The first-order valence-corrected chi connectivity index (χ1v) is 15.7. The number of esters is 2. The maximum atomic E-state index is 12.7. The standard InChI is InChI=1S/C32H48O9/c1-17-29(35)24(37-5)14-27(39-17)41-21-8-10-30(3)20(13-21)6-7-23-22(30)9-11-31(4)28(19-12-26(34)38-16-19)25(40-18(2)33)15-32(23,31)36/h12,17,20-25,27-29,35-36H,6-11,13-16H2,1-5H3/t17-,20-,21-,22-,23-,24-,25-,27-,28-,29-,30-,31+,32-/m0/s1. The van der Waals surface area contributed by atoms with E-state index >= 15 is 0 Å². The van der Waals surface area contributed by atoms with Crippen LogP contribution in [0, 0.1) is 34.5 Å². The number of hydrogen-bond acceptors (Lipinski definition) is 9. The highest BCUT2D eigenvalue weighted by Gasteiger charge is 2.71. The van der Waals surface area contributed by atoms with Gasteiger partial charge in [-0.2, -0.15) is 0 Å². The molecule has 230 valence electrons. The maximum Gasteiger partial charge on any atom is 0.331 e. The second kappa shape index (κ2) is 10.6. The highest BCUT2D eigenvalue weighted by molar-refractivity contribution is 5.85. The molecule has 2 aliphatic heterocycles. The van der Waals surface area contributed by atoms with Crippen molar-refractivity contribution in [2.24, 2.45) is 34.5 Å². The smallest absolute Gasteiger partial charge is 0.331 e. The summed E-state index contributed by atoms with van der Waals surface area (Å²) in [6, 6.07) is 0. The molecular formula is C32H48O9. The molecule has 2 heterocycles. The fraction of sp³-hybridized carbons (Fsp3) is 0.875. The summed E-state index contributed by atoms with van der Waals surface area (Å²) in [6.07, 6.45) is 7.14. The van der Waals surface area contributed by atoms with Crippen LogP contribution in [0.25, 0.3) is 0 Å². The van der Waals surface area contributed by atoms with Gasteiger partial charge in [-0.1, -0.05) is 13.8 Å². The Hall–Kier alpha value is -1.52. The van der Waals surface area contributed by atoms with E-state index < -0.39 is 23.2 Å². The average Bonchev–Trinajstić information content (AvgIpc) is 3.42. The minimum Gasteiger partial charge on any atom is -0.462 e. The SMILES string of the molecule is CO[C@H]1C[C@H](O[C@H]2CC[C@@]3(C)[C@@H](CC[C@H]4[C@@H]3CC[C@]3(C)[C@@H](C5=CC(=O)OC5)[C@@H](OC(C)=O)C[C@]43O)C2)O[C@@H](C)[C@@H]1O. The third-order valence-corrected chi connectivity index (χ3v) is 12.5. The zero-order valence-corrected chi connectivity index (χ0v) is 25.2. The average molecular weight is 577 g/mol. The molecule has 0 unspecified atom stereocenters. The lowest BCUT2D eigenvalue weighted by Crippen LogP contribution is -2.62. The van der Waals surface area contributed by atoms with E-state index in [4.69, 9.17) is 23.7 Å². The van der Waals surface area contributed by atoms with Gasteiger partial charge in [0.2, 0.25) is 0 Å². The van der Waals surface area contributed by atoms with Crippen molar-refractivity contribution < 1.29 is 43.5 Å². The molecule has 5 fully saturated rings. The molecule has 4 aliphatic carbocycles. The Morgan fingerprint density at radius 2 is 1.85 bits per heavy atom. The molecule has 1 saturated heterocycles. The highest BCUT2D eigenvalue weighted by atomic mass is 16.7. The monoisotopic (exact) mass is 576 g/mol. The lowest BCUT2D eigenvalue weighted by Gasteiger charge is -2.63. The van der Waals surface area contributed by atoms with Crippen molar-refractivity contribution in [1.82, 2.24) is 0 Å². The molecule has 0 aromatic carbocycles. The topological polar surface area (TPSA) is 121 Å². The third-order valence-electron chi connectivity index (χ3n) is 12.5. The molecule has 13 atom stereocenters. The minimum atomic E-state index is -0.990. The van der Waals surface area contributed by atoms with Gasteiger partial charge in [-0.25, -0.2) is 4.79 Å². The molecule has 0 radical (unpaired) electrons. The van der Waals surface area contributed by atoms with Crippen molar-refractivity contribution in [3.8, 4) is 0 Å². The molecule has 0 spiro atoms. The van der Waals surface area contributed by atoms with E-state index in [2.05, 4.69) is 13.8 Å². The van der Waals surface area contributed by atoms with Crippen molar-refractivity contribution in [2.45, 2.75) is 128 Å².